The molecule has 0 aliphatic carbocycles. The minimum atomic E-state index is -3.82. The summed E-state index contributed by atoms with van der Waals surface area (Å²) in [6.45, 7) is 7.81. The Morgan fingerprint density at radius 1 is 1.14 bits per heavy atom. The lowest BCUT2D eigenvalue weighted by atomic mass is 10.1. The number of amides is 1. The zero-order chi connectivity index (χ0) is 26.5. The Kier molecular flexibility index (Phi) is 8.46. The molecular formula is C25H35F2N5O3S. The molecule has 0 unspecified atom stereocenters. The average molecular weight is 524 g/mol. The largest absolute Gasteiger partial charge is 0.363 e. The number of hydrogen-bond donors (Lipinski definition) is 4. The highest BCUT2D eigenvalue weighted by molar-refractivity contribution is 7.92. The predicted octanol–water partition coefficient (Wildman–Crippen LogP) is 5.78. The van der Waals surface area contributed by atoms with E-state index in [1.165, 1.54) is 0 Å². The smallest absolute Gasteiger partial charge is 0.261 e. The van der Waals surface area contributed by atoms with Crippen LogP contribution in [0.3, 0.4) is 0 Å². The number of nitrogens with one attached hydrogen (secondary N) is 4. The molecule has 4 N–H and O–H groups in total. The molecule has 1 aromatic heterocycles. The number of imidazole rings is 1. The topological polar surface area (TPSA) is 116 Å². The zero-order valence-corrected chi connectivity index (χ0v) is 21.3. The quantitative estimate of drug-likeness (QED) is 0.314. The summed E-state index contributed by atoms with van der Waals surface area (Å²) in [5, 5.41) is 5.54. The molecule has 4 rings (SSSR count). The van der Waals surface area contributed by atoms with Gasteiger partial charge < -0.3 is 15.6 Å². The van der Waals surface area contributed by atoms with Crippen molar-refractivity contribution in [1.29, 1.82) is 0 Å². The molecule has 1 amide bonds. The third kappa shape index (κ3) is 6.09. The number of H-pyrrole nitrogens is 1. The summed E-state index contributed by atoms with van der Waals surface area (Å²) >= 11 is 0. The van der Waals surface area contributed by atoms with Crippen LogP contribution in [0.1, 0.15) is 53.1 Å². The fourth-order valence-electron chi connectivity index (χ4n) is 3.49. The van der Waals surface area contributed by atoms with Gasteiger partial charge in [-0.15, -0.1) is 0 Å². The highest BCUT2D eigenvalue weighted by Gasteiger charge is 2.24. The number of fused-ring (bicyclic) bond motifs is 1. The van der Waals surface area contributed by atoms with Crippen molar-refractivity contribution in [3.8, 4) is 11.4 Å². The summed E-state index contributed by atoms with van der Waals surface area (Å²) in [5.74, 6) is -2.46. The van der Waals surface area contributed by atoms with Crippen LogP contribution in [0.2, 0.25) is 0 Å². The molecule has 0 fully saturated rings. The Hall–Kier alpha value is -3.73. The molecule has 0 saturated heterocycles. The number of carbonyl (C=O) groups is 1. The number of aromatic nitrogens is 2. The molecule has 0 bridgehead atoms. The number of benzene rings is 2. The molecular weight excluding hydrogens is 488 g/mol. The van der Waals surface area contributed by atoms with Gasteiger partial charge in [0.05, 0.1) is 23.7 Å². The van der Waals surface area contributed by atoms with Gasteiger partial charge in [-0.1, -0.05) is 50.6 Å². The molecule has 36 heavy (non-hydrogen) atoms. The van der Waals surface area contributed by atoms with Crippen LogP contribution in [0.5, 0.6) is 0 Å². The SMILES string of the molecule is CC.CCCS(=O)(=O)Nc1ccc(F)c(C(=O)NC2=Cc3[nH]c(-c4ccc(C)cc4)nc3NC2)c1F.[HH].[HH].[HH]. The van der Waals surface area contributed by atoms with Gasteiger partial charge in [0.2, 0.25) is 10.0 Å². The van der Waals surface area contributed by atoms with Gasteiger partial charge in [0.1, 0.15) is 17.2 Å². The van der Waals surface area contributed by atoms with E-state index in [1.54, 1.807) is 13.0 Å². The maximum Gasteiger partial charge on any atom is 0.261 e. The van der Waals surface area contributed by atoms with Crippen molar-refractivity contribution in [1.82, 2.24) is 15.3 Å². The van der Waals surface area contributed by atoms with Crippen molar-refractivity contribution in [2.24, 2.45) is 0 Å². The third-order valence-electron chi connectivity index (χ3n) is 5.15. The van der Waals surface area contributed by atoms with Crippen molar-refractivity contribution in [3.05, 3.63) is 70.6 Å². The molecule has 0 atom stereocenters. The molecule has 0 saturated carbocycles. The molecule has 1 aliphatic heterocycles. The van der Waals surface area contributed by atoms with E-state index in [9.17, 15) is 22.0 Å². The van der Waals surface area contributed by atoms with Gasteiger partial charge in [-0.25, -0.2) is 22.2 Å². The van der Waals surface area contributed by atoms with Crippen molar-refractivity contribution < 1.29 is 26.3 Å². The fraction of sp³-hybridized carbons (Fsp3) is 0.280. The van der Waals surface area contributed by atoms with Gasteiger partial charge in [-0.05, 0) is 31.6 Å². The van der Waals surface area contributed by atoms with Crippen LogP contribution < -0.4 is 15.4 Å². The Bertz CT molecular complexity index is 1400. The van der Waals surface area contributed by atoms with Crippen LogP contribution >= 0.6 is 0 Å². The van der Waals surface area contributed by atoms with Crippen LogP contribution in [-0.2, 0) is 10.0 Å². The van der Waals surface area contributed by atoms with E-state index >= 15 is 0 Å². The lowest BCUT2D eigenvalue weighted by Crippen LogP contribution is -2.30. The number of anilines is 2. The molecule has 2 aromatic carbocycles. The standard InChI is InChI=1S/C23H23F2N5O3S.C2H6.3H2/c1-3-10-34(32,33)30-17-9-8-16(24)19(20(17)25)23(31)27-15-11-18-22(26-12-15)29-21(28-18)14-6-4-13(2)5-7-14;1-2;;;/h4-9,11,26,30H,3,10,12H2,1-2H3,(H,27,31)(H,28,29);1-2H3;3*1H. The number of aromatic amines is 1. The number of halogens is 2. The van der Waals surface area contributed by atoms with Gasteiger partial charge in [0, 0.05) is 15.5 Å². The predicted molar refractivity (Wildman–Crippen MR) is 144 cm³/mol. The Balaban J connectivity index is 0.00000282. The lowest BCUT2D eigenvalue weighted by Gasteiger charge is -2.17. The van der Waals surface area contributed by atoms with Crippen molar-refractivity contribution in [2.45, 2.75) is 34.1 Å². The highest BCUT2D eigenvalue weighted by Crippen LogP contribution is 2.27. The Morgan fingerprint density at radius 2 is 1.83 bits per heavy atom. The number of carbonyl (C=O) groups excluding carboxylic acids is 1. The summed E-state index contributed by atoms with van der Waals surface area (Å²) < 4.78 is 55.2. The second kappa shape index (κ2) is 11.3. The minimum absolute atomic E-state index is 0. The highest BCUT2D eigenvalue weighted by atomic mass is 32.2. The second-order valence-electron chi connectivity index (χ2n) is 7.90. The third-order valence-corrected chi connectivity index (χ3v) is 6.63. The molecule has 2 heterocycles. The fourth-order valence-corrected chi connectivity index (χ4v) is 4.63. The maximum absolute atomic E-state index is 14.9. The van der Waals surface area contributed by atoms with E-state index in [0.29, 0.717) is 29.5 Å². The van der Waals surface area contributed by atoms with E-state index in [4.69, 9.17) is 0 Å². The molecule has 11 heteroatoms. The van der Waals surface area contributed by atoms with Gasteiger partial charge in [0.25, 0.3) is 5.91 Å². The maximum atomic E-state index is 14.9. The first-order valence-corrected chi connectivity index (χ1v) is 13.2. The normalized spacial score (nSPS) is 12.4. The van der Waals surface area contributed by atoms with E-state index in [-0.39, 0.29) is 16.6 Å². The van der Waals surface area contributed by atoms with E-state index in [1.807, 2.05) is 45.0 Å². The molecule has 3 aromatic rings. The van der Waals surface area contributed by atoms with Gasteiger partial charge in [0.15, 0.2) is 11.6 Å². The van der Waals surface area contributed by atoms with Crippen molar-refractivity contribution >= 4 is 33.5 Å². The number of aryl methyl sites for hydroxylation is 1. The van der Waals surface area contributed by atoms with Crippen molar-refractivity contribution in [2.75, 3.05) is 22.3 Å². The molecule has 0 radical (unpaired) electrons. The summed E-state index contributed by atoms with van der Waals surface area (Å²) in [6, 6.07) is 9.57. The number of rotatable bonds is 7. The molecule has 8 nitrogen and oxygen atoms in total. The first kappa shape index (κ1) is 26.9. The summed E-state index contributed by atoms with van der Waals surface area (Å²) in [5.41, 5.74) is 1.58. The van der Waals surface area contributed by atoms with Crippen LogP contribution in [0.15, 0.2) is 42.1 Å². The number of nitrogens with zero attached hydrogens (tertiary/aromatic N) is 1. The monoisotopic (exact) mass is 523 g/mol. The summed E-state index contributed by atoms with van der Waals surface area (Å²) in [4.78, 5) is 20.4. The molecule has 198 valence electrons. The van der Waals surface area contributed by atoms with Crippen LogP contribution in [0.4, 0.5) is 20.3 Å². The Labute approximate surface area is 213 Å². The molecule has 0 spiro atoms. The van der Waals surface area contributed by atoms with Gasteiger partial charge in [-0.2, -0.15) is 0 Å². The second-order valence-corrected chi connectivity index (χ2v) is 9.74. The first-order valence-electron chi connectivity index (χ1n) is 11.6. The zero-order valence-electron chi connectivity index (χ0n) is 20.5. The van der Waals surface area contributed by atoms with Crippen LogP contribution in [-0.4, -0.2) is 36.6 Å². The minimum Gasteiger partial charge on any atom is -0.363 e. The Morgan fingerprint density at radius 3 is 2.50 bits per heavy atom. The van der Waals surface area contributed by atoms with Crippen LogP contribution in [0.25, 0.3) is 17.5 Å². The number of hydrogen-bond acceptors (Lipinski definition) is 5. The first-order chi connectivity index (χ1) is 17.2. The van der Waals surface area contributed by atoms with Crippen LogP contribution in [0, 0.1) is 18.6 Å². The summed E-state index contributed by atoms with van der Waals surface area (Å²) in [7, 11) is -3.82. The van der Waals surface area contributed by atoms with Crippen molar-refractivity contribution in [3.63, 3.8) is 0 Å². The van der Waals surface area contributed by atoms with Gasteiger partial charge >= 0.3 is 0 Å². The summed E-state index contributed by atoms with van der Waals surface area (Å²) in [6.07, 6.45) is 1.94. The van der Waals surface area contributed by atoms with E-state index in [2.05, 4.69) is 25.3 Å². The number of sulfonamides is 1. The average Bonchev–Trinajstić information content (AvgIpc) is 3.26. The van der Waals surface area contributed by atoms with E-state index in [0.717, 1.165) is 23.3 Å². The van der Waals surface area contributed by atoms with Gasteiger partial charge in [-0.3, -0.25) is 9.52 Å². The van der Waals surface area contributed by atoms with E-state index < -0.39 is 38.8 Å². The molecule has 1 aliphatic rings. The lowest BCUT2D eigenvalue weighted by molar-refractivity contribution is 0.0957.